The Labute approximate surface area is 444 Å². The maximum absolute atomic E-state index is 12.5. The van der Waals surface area contributed by atoms with Crippen molar-refractivity contribution < 1.29 is 15.0 Å². The Morgan fingerprint density at radius 2 is 0.620 bits per heavy atom. The number of nitrogens with one attached hydrogen (secondary N) is 1. The van der Waals surface area contributed by atoms with Crippen molar-refractivity contribution in [2.24, 2.45) is 0 Å². The van der Waals surface area contributed by atoms with E-state index in [1.165, 1.54) is 238 Å². The quantitative estimate of drug-likeness (QED) is 0.0420. The molecule has 2 atom stereocenters. The van der Waals surface area contributed by atoms with Crippen molar-refractivity contribution in [3.63, 3.8) is 0 Å². The molecule has 0 saturated carbocycles. The minimum Gasteiger partial charge on any atom is -0.394 e. The zero-order chi connectivity index (χ0) is 51.3. The lowest BCUT2D eigenvalue weighted by atomic mass is 10.0. The summed E-state index contributed by atoms with van der Waals surface area (Å²) in [4.78, 5) is 12.5. The lowest BCUT2D eigenvalue weighted by molar-refractivity contribution is -0.123. The predicted octanol–water partition coefficient (Wildman–Crippen LogP) is 21.3. The van der Waals surface area contributed by atoms with Crippen LogP contribution in [0.3, 0.4) is 0 Å². The van der Waals surface area contributed by atoms with Crippen molar-refractivity contribution >= 4 is 5.91 Å². The minimum atomic E-state index is -0.667. The molecule has 2 unspecified atom stereocenters. The zero-order valence-corrected chi connectivity index (χ0v) is 47.7. The van der Waals surface area contributed by atoms with Crippen LogP contribution in [-0.2, 0) is 4.79 Å². The number of aliphatic hydroxyl groups is 2. The second-order valence-electron chi connectivity index (χ2n) is 21.5. The third-order valence-electron chi connectivity index (χ3n) is 14.5. The van der Waals surface area contributed by atoms with E-state index >= 15 is 0 Å². The van der Waals surface area contributed by atoms with E-state index in [1.807, 2.05) is 0 Å². The number of aliphatic hydroxyl groups excluding tert-OH is 2. The van der Waals surface area contributed by atoms with Gasteiger partial charge in [0.05, 0.1) is 18.8 Å². The summed E-state index contributed by atoms with van der Waals surface area (Å²) in [5.74, 6) is -0.0344. The van der Waals surface area contributed by atoms with Crippen LogP contribution in [0.2, 0.25) is 0 Å². The molecular weight excluding hydrogens is 867 g/mol. The molecule has 0 saturated heterocycles. The van der Waals surface area contributed by atoms with Crippen molar-refractivity contribution in [3.05, 3.63) is 72.9 Å². The minimum absolute atomic E-state index is 0.0344. The molecule has 0 rings (SSSR count). The number of hydrogen-bond acceptors (Lipinski definition) is 3. The van der Waals surface area contributed by atoms with Gasteiger partial charge in [-0.2, -0.15) is 0 Å². The van der Waals surface area contributed by atoms with Crippen LogP contribution < -0.4 is 5.32 Å². The Morgan fingerprint density at radius 3 is 0.930 bits per heavy atom. The predicted molar refractivity (Wildman–Crippen MR) is 317 cm³/mol. The number of rotatable bonds is 58. The number of unbranched alkanes of at least 4 members (excludes halogenated alkanes) is 39. The van der Waals surface area contributed by atoms with Gasteiger partial charge in [0.15, 0.2) is 0 Å². The Kier molecular flexibility index (Phi) is 60.2. The van der Waals surface area contributed by atoms with E-state index in [0.29, 0.717) is 12.8 Å². The normalized spacial score (nSPS) is 13.2. The number of amides is 1. The van der Waals surface area contributed by atoms with Crippen LogP contribution in [0.15, 0.2) is 72.9 Å². The molecule has 0 radical (unpaired) electrons. The molecule has 4 nitrogen and oxygen atoms in total. The van der Waals surface area contributed by atoms with Gasteiger partial charge in [-0.3, -0.25) is 4.79 Å². The standard InChI is InChI=1S/C67H123NO3/c1-3-5-7-9-11-13-15-17-19-21-23-25-27-29-31-33-35-36-38-40-42-44-46-48-50-52-54-56-58-60-62-66(70)65(64-69)68-67(71)63-61-59-57-55-53-51-49-47-45-43-41-39-37-34-32-30-28-26-24-22-20-18-16-14-12-10-8-6-4-2/h6,8,12,14,18,20,24,26,30,32,37,39,65-66,69-70H,3-5,7,9-11,13,15-17,19,21-23,25,27-29,31,33-36,38,40-64H2,1-2H3,(H,68,71)/b8-6-,14-12-,20-18-,26-24-,32-30-,39-37-. The van der Waals surface area contributed by atoms with Crippen LogP contribution in [0.4, 0.5) is 0 Å². The van der Waals surface area contributed by atoms with E-state index in [1.54, 1.807) is 0 Å². The molecule has 3 N–H and O–H groups in total. The molecule has 0 heterocycles. The van der Waals surface area contributed by atoms with Gasteiger partial charge in [-0.05, 0) is 64.2 Å². The Hall–Kier alpha value is -2.17. The lowest BCUT2D eigenvalue weighted by Gasteiger charge is -2.22. The molecule has 0 aromatic carbocycles. The van der Waals surface area contributed by atoms with E-state index in [-0.39, 0.29) is 12.5 Å². The molecule has 414 valence electrons. The Balaban J connectivity index is 3.47. The summed E-state index contributed by atoms with van der Waals surface area (Å²) in [5.41, 5.74) is 0. The average molecular weight is 991 g/mol. The first-order chi connectivity index (χ1) is 35.2. The highest BCUT2D eigenvalue weighted by Gasteiger charge is 2.20. The van der Waals surface area contributed by atoms with Crippen LogP contribution >= 0.6 is 0 Å². The molecule has 4 heteroatoms. The molecule has 0 bridgehead atoms. The van der Waals surface area contributed by atoms with Gasteiger partial charge < -0.3 is 15.5 Å². The summed E-state index contributed by atoms with van der Waals surface area (Å²) in [6.45, 7) is 4.27. The van der Waals surface area contributed by atoms with E-state index in [2.05, 4.69) is 92.1 Å². The summed E-state index contributed by atoms with van der Waals surface area (Å²) in [5, 5.41) is 23.4. The number of carbonyl (C=O) groups is 1. The first-order valence-electron chi connectivity index (χ1n) is 31.6. The van der Waals surface area contributed by atoms with Crippen molar-refractivity contribution in [3.8, 4) is 0 Å². The number of carbonyl (C=O) groups excluding carboxylic acids is 1. The summed E-state index contributed by atoms with van der Waals surface area (Å²) in [6.07, 6.45) is 89.2. The Morgan fingerprint density at radius 1 is 0.352 bits per heavy atom. The van der Waals surface area contributed by atoms with Crippen LogP contribution in [0.25, 0.3) is 0 Å². The molecule has 0 aliphatic heterocycles. The van der Waals surface area contributed by atoms with Gasteiger partial charge in [-0.1, -0.05) is 331 Å². The molecule has 0 spiro atoms. The van der Waals surface area contributed by atoms with Gasteiger partial charge in [0, 0.05) is 6.42 Å². The lowest BCUT2D eigenvalue weighted by Crippen LogP contribution is -2.45. The van der Waals surface area contributed by atoms with Gasteiger partial charge in [0.25, 0.3) is 0 Å². The summed E-state index contributed by atoms with van der Waals surface area (Å²) < 4.78 is 0. The van der Waals surface area contributed by atoms with Crippen molar-refractivity contribution in [2.75, 3.05) is 6.61 Å². The van der Waals surface area contributed by atoms with E-state index in [9.17, 15) is 15.0 Å². The molecular formula is C67H123NO3. The van der Waals surface area contributed by atoms with E-state index < -0.39 is 12.1 Å². The molecule has 0 aliphatic carbocycles. The van der Waals surface area contributed by atoms with Gasteiger partial charge in [-0.25, -0.2) is 0 Å². The van der Waals surface area contributed by atoms with Crippen LogP contribution in [-0.4, -0.2) is 34.9 Å². The molecule has 71 heavy (non-hydrogen) atoms. The van der Waals surface area contributed by atoms with Gasteiger partial charge in [0.1, 0.15) is 0 Å². The van der Waals surface area contributed by atoms with Gasteiger partial charge in [-0.15, -0.1) is 0 Å². The number of allylic oxidation sites excluding steroid dienone is 12. The van der Waals surface area contributed by atoms with Gasteiger partial charge in [0.2, 0.25) is 5.91 Å². The third kappa shape index (κ3) is 58.6. The first kappa shape index (κ1) is 68.8. The highest BCUT2D eigenvalue weighted by atomic mass is 16.3. The van der Waals surface area contributed by atoms with Crippen molar-refractivity contribution in [1.82, 2.24) is 5.32 Å². The highest BCUT2D eigenvalue weighted by Crippen LogP contribution is 2.18. The fourth-order valence-corrected chi connectivity index (χ4v) is 9.72. The van der Waals surface area contributed by atoms with Gasteiger partial charge >= 0.3 is 0 Å². The molecule has 0 aromatic heterocycles. The average Bonchev–Trinajstić information content (AvgIpc) is 3.37. The second-order valence-corrected chi connectivity index (χ2v) is 21.5. The second kappa shape index (κ2) is 62.1. The molecule has 0 aliphatic rings. The molecule has 1 amide bonds. The largest absolute Gasteiger partial charge is 0.394 e. The van der Waals surface area contributed by atoms with Crippen LogP contribution in [0, 0.1) is 0 Å². The monoisotopic (exact) mass is 990 g/mol. The third-order valence-corrected chi connectivity index (χ3v) is 14.5. The summed E-state index contributed by atoms with van der Waals surface area (Å²) >= 11 is 0. The van der Waals surface area contributed by atoms with Crippen molar-refractivity contribution in [1.29, 1.82) is 0 Å². The fourth-order valence-electron chi connectivity index (χ4n) is 9.72. The van der Waals surface area contributed by atoms with E-state index in [0.717, 1.165) is 64.2 Å². The summed E-state index contributed by atoms with van der Waals surface area (Å²) in [6, 6.07) is -0.545. The topological polar surface area (TPSA) is 69.6 Å². The number of hydrogen-bond donors (Lipinski definition) is 3. The molecule has 0 fully saturated rings. The highest BCUT2D eigenvalue weighted by molar-refractivity contribution is 5.76. The summed E-state index contributed by atoms with van der Waals surface area (Å²) in [7, 11) is 0. The maximum atomic E-state index is 12.5. The van der Waals surface area contributed by atoms with Crippen LogP contribution in [0.5, 0.6) is 0 Å². The zero-order valence-electron chi connectivity index (χ0n) is 47.7. The van der Waals surface area contributed by atoms with Crippen molar-refractivity contribution in [2.45, 2.75) is 341 Å². The molecule has 0 aromatic rings. The fraction of sp³-hybridized carbons (Fsp3) is 0.806. The van der Waals surface area contributed by atoms with E-state index in [4.69, 9.17) is 0 Å². The Bertz CT molecular complexity index is 1210. The SMILES string of the molecule is CC/C=C\C/C=C\C/C=C\C/C=C\C/C=C\C/C=C\CCCCCCCCCCCCC(=O)NC(CO)C(O)CCCCCCCCCCCCCCCCCCCCCCCCCCCCCCCC. The smallest absolute Gasteiger partial charge is 0.220 e. The van der Waals surface area contributed by atoms with Crippen LogP contribution in [0.1, 0.15) is 328 Å². The first-order valence-corrected chi connectivity index (χ1v) is 31.6. The maximum Gasteiger partial charge on any atom is 0.220 e.